The number of carbonyl (C=O) groups is 1. The summed E-state index contributed by atoms with van der Waals surface area (Å²) in [6, 6.07) is 0. The maximum absolute atomic E-state index is 11.4. The predicted octanol–water partition coefficient (Wildman–Crippen LogP) is -0.181. The van der Waals surface area contributed by atoms with Crippen molar-refractivity contribution in [2.45, 2.75) is 19.3 Å². The summed E-state index contributed by atoms with van der Waals surface area (Å²) < 4.78 is 24.2. The number of nitrogens with zero attached hydrogens (tertiary/aromatic N) is 2. The van der Waals surface area contributed by atoms with Crippen LogP contribution < -0.4 is 0 Å². The molecule has 104 valence electrons. The van der Waals surface area contributed by atoms with Crippen molar-refractivity contribution in [1.82, 2.24) is 9.21 Å². The largest absolute Gasteiger partial charge is 0.481 e. The van der Waals surface area contributed by atoms with E-state index in [2.05, 4.69) is 4.90 Å². The molecule has 0 aromatic heterocycles. The lowest BCUT2D eigenvalue weighted by Gasteiger charge is -2.35. The maximum atomic E-state index is 11.4. The average molecular weight is 276 g/mol. The highest BCUT2D eigenvalue weighted by Gasteiger charge is 2.45. The van der Waals surface area contributed by atoms with Gasteiger partial charge in [0.25, 0.3) is 0 Å². The third-order valence-electron chi connectivity index (χ3n) is 3.84. The predicted molar refractivity (Wildman–Crippen MR) is 66.8 cm³/mol. The minimum atomic E-state index is -3.08. The van der Waals surface area contributed by atoms with E-state index in [9.17, 15) is 13.2 Å². The van der Waals surface area contributed by atoms with E-state index in [1.165, 1.54) is 10.6 Å². The Morgan fingerprint density at radius 1 is 1.22 bits per heavy atom. The maximum Gasteiger partial charge on any atom is 0.303 e. The zero-order chi connectivity index (χ0) is 13.4. The molecule has 1 aliphatic heterocycles. The number of carboxylic acid groups (broad SMARTS) is 1. The molecule has 2 fully saturated rings. The SMILES string of the molecule is CS(=O)(=O)N1CCN(CC2(CC(=O)O)CC2)CC1. The fraction of sp³-hybridized carbons (Fsp3) is 0.909. The molecule has 0 aromatic carbocycles. The first kappa shape index (κ1) is 13.8. The van der Waals surface area contributed by atoms with Crippen LogP contribution in [0.5, 0.6) is 0 Å². The number of sulfonamides is 1. The molecule has 0 bridgehead atoms. The molecule has 2 rings (SSSR count). The summed E-state index contributed by atoms with van der Waals surface area (Å²) in [6.07, 6.45) is 3.42. The molecule has 6 nitrogen and oxygen atoms in total. The fourth-order valence-corrected chi connectivity index (χ4v) is 3.41. The molecule has 1 aliphatic carbocycles. The van der Waals surface area contributed by atoms with E-state index in [4.69, 9.17) is 5.11 Å². The molecule has 0 atom stereocenters. The van der Waals surface area contributed by atoms with Gasteiger partial charge in [-0.2, -0.15) is 4.31 Å². The van der Waals surface area contributed by atoms with Crippen LogP contribution >= 0.6 is 0 Å². The minimum absolute atomic E-state index is 0.0426. The van der Waals surface area contributed by atoms with Gasteiger partial charge in [0, 0.05) is 32.7 Å². The van der Waals surface area contributed by atoms with Crippen LogP contribution in [0.3, 0.4) is 0 Å². The quantitative estimate of drug-likeness (QED) is 0.753. The van der Waals surface area contributed by atoms with Crippen molar-refractivity contribution in [3.8, 4) is 0 Å². The molecule has 0 amide bonds. The summed E-state index contributed by atoms with van der Waals surface area (Å²) in [7, 11) is -3.08. The summed E-state index contributed by atoms with van der Waals surface area (Å²) in [5.74, 6) is -0.734. The Balaban J connectivity index is 1.82. The molecule has 0 radical (unpaired) electrons. The van der Waals surface area contributed by atoms with Gasteiger partial charge >= 0.3 is 5.97 Å². The van der Waals surface area contributed by atoms with Crippen molar-refractivity contribution < 1.29 is 18.3 Å². The summed E-state index contributed by atoms with van der Waals surface area (Å²) in [4.78, 5) is 13.0. The van der Waals surface area contributed by atoms with Gasteiger partial charge in [-0.05, 0) is 18.3 Å². The number of hydrogen-bond acceptors (Lipinski definition) is 4. The van der Waals surface area contributed by atoms with Crippen LogP contribution in [-0.4, -0.2) is 67.7 Å². The molecule has 0 spiro atoms. The summed E-state index contributed by atoms with van der Waals surface area (Å²) in [6.45, 7) is 3.23. The first-order chi connectivity index (χ1) is 8.31. The van der Waals surface area contributed by atoms with E-state index in [0.29, 0.717) is 26.2 Å². The van der Waals surface area contributed by atoms with E-state index < -0.39 is 16.0 Å². The van der Waals surface area contributed by atoms with Gasteiger partial charge in [0.05, 0.1) is 12.7 Å². The van der Waals surface area contributed by atoms with Gasteiger partial charge in [0.1, 0.15) is 0 Å². The van der Waals surface area contributed by atoms with Gasteiger partial charge in [0.2, 0.25) is 10.0 Å². The number of carboxylic acids is 1. The molecule has 1 saturated carbocycles. The Hall–Kier alpha value is -0.660. The molecule has 2 aliphatic rings. The Morgan fingerprint density at radius 2 is 1.78 bits per heavy atom. The lowest BCUT2D eigenvalue weighted by molar-refractivity contribution is -0.138. The van der Waals surface area contributed by atoms with E-state index >= 15 is 0 Å². The monoisotopic (exact) mass is 276 g/mol. The molecule has 7 heteroatoms. The second-order valence-electron chi connectivity index (χ2n) is 5.51. The normalized spacial score (nSPS) is 24.9. The second-order valence-corrected chi connectivity index (χ2v) is 7.49. The van der Waals surface area contributed by atoms with Crippen molar-refractivity contribution in [2.24, 2.45) is 5.41 Å². The van der Waals surface area contributed by atoms with Crippen LogP contribution in [-0.2, 0) is 14.8 Å². The van der Waals surface area contributed by atoms with Crippen LogP contribution in [0.15, 0.2) is 0 Å². The third-order valence-corrected chi connectivity index (χ3v) is 5.15. The van der Waals surface area contributed by atoms with E-state index in [1.807, 2.05) is 0 Å². The summed E-state index contributed by atoms with van der Waals surface area (Å²) in [5.41, 5.74) is -0.0426. The van der Waals surface area contributed by atoms with Crippen molar-refractivity contribution in [3.63, 3.8) is 0 Å². The standard InChI is InChI=1S/C11H20N2O4S/c1-18(16,17)13-6-4-12(5-7-13)9-11(2-3-11)8-10(14)15/h2-9H2,1H3,(H,14,15). The molecule has 1 N–H and O–H groups in total. The molecular weight excluding hydrogens is 256 g/mol. The van der Waals surface area contributed by atoms with E-state index in [1.54, 1.807) is 0 Å². The van der Waals surface area contributed by atoms with Crippen molar-refractivity contribution in [1.29, 1.82) is 0 Å². The zero-order valence-electron chi connectivity index (χ0n) is 10.6. The van der Waals surface area contributed by atoms with Crippen LogP contribution in [0.25, 0.3) is 0 Å². The molecule has 18 heavy (non-hydrogen) atoms. The molecule has 0 aromatic rings. The van der Waals surface area contributed by atoms with Crippen molar-refractivity contribution in [3.05, 3.63) is 0 Å². The van der Waals surface area contributed by atoms with Gasteiger partial charge in [-0.3, -0.25) is 4.79 Å². The van der Waals surface area contributed by atoms with Crippen LogP contribution in [0.4, 0.5) is 0 Å². The molecule has 0 unspecified atom stereocenters. The average Bonchev–Trinajstić information content (AvgIpc) is 2.96. The Morgan fingerprint density at radius 3 is 2.17 bits per heavy atom. The highest BCUT2D eigenvalue weighted by Crippen LogP contribution is 2.49. The van der Waals surface area contributed by atoms with Gasteiger partial charge in [-0.15, -0.1) is 0 Å². The van der Waals surface area contributed by atoms with Gasteiger partial charge < -0.3 is 10.0 Å². The number of aliphatic carboxylic acids is 1. The summed E-state index contributed by atoms with van der Waals surface area (Å²) >= 11 is 0. The summed E-state index contributed by atoms with van der Waals surface area (Å²) in [5, 5.41) is 8.86. The lowest BCUT2D eigenvalue weighted by atomic mass is 10.0. The lowest BCUT2D eigenvalue weighted by Crippen LogP contribution is -2.49. The van der Waals surface area contributed by atoms with Crippen LogP contribution in [0.1, 0.15) is 19.3 Å². The zero-order valence-corrected chi connectivity index (χ0v) is 11.4. The van der Waals surface area contributed by atoms with Gasteiger partial charge in [-0.1, -0.05) is 0 Å². The van der Waals surface area contributed by atoms with Crippen molar-refractivity contribution >= 4 is 16.0 Å². The van der Waals surface area contributed by atoms with Crippen molar-refractivity contribution in [2.75, 3.05) is 39.0 Å². The highest BCUT2D eigenvalue weighted by molar-refractivity contribution is 7.88. The van der Waals surface area contributed by atoms with Crippen LogP contribution in [0, 0.1) is 5.41 Å². The van der Waals surface area contributed by atoms with Gasteiger partial charge in [0.15, 0.2) is 0 Å². The Labute approximate surface area is 108 Å². The third kappa shape index (κ3) is 3.43. The molecular formula is C11H20N2O4S. The first-order valence-electron chi connectivity index (χ1n) is 6.20. The van der Waals surface area contributed by atoms with Crippen LogP contribution in [0.2, 0.25) is 0 Å². The van der Waals surface area contributed by atoms with E-state index in [-0.39, 0.29) is 11.8 Å². The number of rotatable bonds is 5. The Bertz CT molecular complexity index is 422. The Kier molecular flexibility index (Phi) is 3.66. The molecule has 1 heterocycles. The fourth-order valence-electron chi connectivity index (χ4n) is 2.58. The smallest absolute Gasteiger partial charge is 0.303 e. The molecule has 1 saturated heterocycles. The number of piperazine rings is 1. The van der Waals surface area contributed by atoms with Gasteiger partial charge in [-0.25, -0.2) is 8.42 Å². The highest BCUT2D eigenvalue weighted by atomic mass is 32.2. The second kappa shape index (κ2) is 4.79. The minimum Gasteiger partial charge on any atom is -0.481 e. The first-order valence-corrected chi connectivity index (χ1v) is 8.05. The van der Waals surface area contributed by atoms with E-state index in [0.717, 1.165) is 19.4 Å². The topological polar surface area (TPSA) is 77.9 Å². The number of hydrogen-bond donors (Lipinski definition) is 1.